The Labute approximate surface area is 72.5 Å². The average molecular weight is 180 g/mol. The van der Waals surface area contributed by atoms with Crippen LogP contribution in [0.1, 0.15) is 12.8 Å². The first-order valence-electron chi connectivity index (χ1n) is 3.84. The quantitative estimate of drug-likeness (QED) is 0.592. The van der Waals surface area contributed by atoms with Gasteiger partial charge in [-0.05, 0) is 12.8 Å². The normalized spacial score (nSPS) is 33.0. The molecule has 0 unspecified atom stereocenters. The van der Waals surface area contributed by atoms with Crippen LogP contribution < -0.4 is 5.32 Å². The smallest absolute Gasteiger partial charge is 0.0937 e. The first kappa shape index (κ1) is 9.26. The highest BCUT2D eigenvalue weighted by Gasteiger charge is 2.47. The average Bonchev–Trinajstić information content (AvgIpc) is 2.70. The summed E-state index contributed by atoms with van der Waals surface area (Å²) in [5.41, 5.74) is 0.131. The van der Waals surface area contributed by atoms with Gasteiger partial charge in [0.1, 0.15) is 0 Å². The number of nitrogens with one attached hydrogen (secondary N) is 1. The largest absolute Gasteiger partial charge is 0.394 e. The number of ether oxygens (including phenoxy) is 1. The monoisotopic (exact) mass is 179 g/mol. The summed E-state index contributed by atoms with van der Waals surface area (Å²) < 4.78 is 5.62. The lowest BCUT2D eigenvalue weighted by molar-refractivity contribution is -0.0755. The highest BCUT2D eigenvalue weighted by atomic mass is 35.5. The molecule has 2 N–H and O–H groups in total. The molecule has 0 aromatic heterocycles. The fourth-order valence-corrected chi connectivity index (χ4v) is 1.43. The van der Waals surface area contributed by atoms with Gasteiger partial charge >= 0.3 is 0 Å². The Morgan fingerprint density at radius 1 is 1.55 bits per heavy atom. The van der Waals surface area contributed by atoms with Gasteiger partial charge in [0.05, 0.1) is 18.3 Å². The maximum atomic E-state index is 8.79. The van der Waals surface area contributed by atoms with Gasteiger partial charge in [0.25, 0.3) is 0 Å². The molecule has 1 saturated heterocycles. The van der Waals surface area contributed by atoms with Crippen LogP contribution in [-0.2, 0) is 4.74 Å². The van der Waals surface area contributed by atoms with Crippen molar-refractivity contribution in [3.63, 3.8) is 0 Å². The van der Waals surface area contributed by atoms with E-state index in [4.69, 9.17) is 9.84 Å². The number of morpholine rings is 1. The van der Waals surface area contributed by atoms with Crippen LogP contribution in [0.3, 0.4) is 0 Å². The SMILES string of the molecule is Cl.OC[C@@H]1CNCC2(CC2)O1. The van der Waals surface area contributed by atoms with Gasteiger partial charge in [-0.2, -0.15) is 0 Å². The summed E-state index contributed by atoms with van der Waals surface area (Å²) in [6.45, 7) is 1.93. The molecule has 1 atom stereocenters. The Hall–Kier alpha value is 0.170. The van der Waals surface area contributed by atoms with Crippen LogP contribution in [0.5, 0.6) is 0 Å². The second kappa shape index (κ2) is 3.27. The number of halogens is 1. The lowest BCUT2D eigenvalue weighted by atomic mass is 10.2. The molecule has 2 aliphatic rings. The summed E-state index contributed by atoms with van der Waals surface area (Å²) in [6, 6.07) is 0. The van der Waals surface area contributed by atoms with E-state index in [0.29, 0.717) is 0 Å². The van der Waals surface area contributed by atoms with E-state index in [1.54, 1.807) is 0 Å². The van der Waals surface area contributed by atoms with Crippen molar-refractivity contribution in [1.82, 2.24) is 5.32 Å². The second-order valence-electron chi connectivity index (χ2n) is 3.24. The van der Waals surface area contributed by atoms with Crippen LogP contribution in [0.4, 0.5) is 0 Å². The predicted octanol–water partition coefficient (Wildman–Crippen LogP) is -0.0785. The lowest BCUT2D eigenvalue weighted by Crippen LogP contribution is -2.47. The Morgan fingerprint density at radius 2 is 2.27 bits per heavy atom. The van der Waals surface area contributed by atoms with Crippen molar-refractivity contribution >= 4 is 12.4 Å². The first-order chi connectivity index (χ1) is 4.85. The van der Waals surface area contributed by atoms with E-state index in [2.05, 4.69) is 5.32 Å². The highest BCUT2D eigenvalue weighted by molar-refractivity contribution is 5.85. The standard InChI is InChI=1S/C7H13NO2.ClH/c9-4-6-3-8-5-7(10-6)1-2-7;/h6,8-9H,1-5H2;1H/t6-;/m0./s1. The summed E-state index contributed by atoms with van der Waals surface area (Å²) in [4.78, 5) is 0. The Morgan fingerprint density at radius 3 is 2.82 bits per heavy atom. The van der Waals surface area contributed by atoms with Crippen molar-refractivity contribution in [2.45, 2.75) is 24.5 Å². The molecular formula is C7H14ClNO2. The number of aliphatic hydroxyl groups is 1. The third-order valence-electron chi connectivity index (χ3n) is 2.25. The molecule has 11 heavy (non-hydrogen) atoms. The minimum atomic E-state index is 0. The maximum absolute atomic E-state index is 8.79. The van der Waals surface area contributed by atoms with E-state index in [1.165, 1.54) is 0 Å². The van der Waals surface area contributed by atoms with Crippen molar-refractivity contribution in [2.24, 2.45) is 0 Å². The van der Waals surface area contributed by atoms with Crippen LogP contribution in [0.25, 0.3) is 0 Å². The Bertz CT molecular complexity index is 138. The van der Waals surface area contributed by atoms with E-state index < -0.39 is 0 Å². The summed E-state index contributed by atoms with van der Waals surface area (Å²) >= 11 is 0. The molecule has 1 aliphatic carbocycles. The van der Waals surface area contributed by atoms with Crippen molar-refractivity contribution in [3.8, 4) is 0 Å². The van der Waals surface area contributed by atoms with Crippen LogP contribution in [0, 0.1) is 0 Å². The van der Waals surface area contributed by atoms with Crippen LogP contribution >= 0.6 is 12.4 Å². The molecule has 1 heterocycles. The van der Waals surface area contributed by atoms with Gasteiger partial charge in [-0.25, -0.2) is 0 Å². The zero-order chi connectivity index (χ0) is 7.03. The molecule has 0 bridgehead atoms. The first-order valence-corrected chi connectivity index (χ1v) is 3.84. The van der Waals surface area contributed by atoms with Gasteiger partial charge in [-0.15, -0.1) is 12.4 Å². The van der Waals surface area contributed by atoms with Gasteiger partial charge in [0.2, 0.25) is 0 Å². The maximum Gasteiger partial charge on any atom is 0.0937 e. The molecule has 66 valence electrons. The molecule has 0 radical (unpaired) electrons. The van der Waals surface area contributed by atoms with Crippen molar-refractivity contribution in [2.75, 3.05) is 19.7 Å². The van der Waals surface area contributed by atoms with Gasteiger partial charge in [0, 0.05) is 13.1 Å². The molecule has 0 amide bonds. The van der Waals surface area contributed by atoms with Crippen molar-refractivity contribution < 1.29 is 9.84 Å². The molecule has 1 saturated carbocycles. The Balaban J connectivity index is 0.000000605. The summed E-state index contributed by atoms with van der Waals surface area (Å²) in [6.07, 6.45) is 2.36. The van der Waals surface area contributed by atoms with E-state index in [9.17, 15) is 0 Å². The second-order valence-corrected chi connectivity index (χ2v) is 3.24. The molecule has 4 heteroatoms. The fourth-order valence-electron chi connectivity index (χ4n) is 1.43. The van der Waals surface area contributed by atoms with Crippen molar-refractivity contribution in [1.29, 1.82) is 0 Å². The Kier molecular flexibility index (Phi) is 2.75. The van der Waals surface area contributed by atoms with E-state index >= 15 is 0 Å². The number of rotatable bonds is 1. The summed E-state index contributed by atoms with van der Waals surface area (Å²) in [7, 11) is 0. The number of aliphatic hydroxyl groups excluding tert-OH is 1. The zero-order valence-corrected chi connectivity index (χ0v) is 7.19. The zero-order valence-electron chi connectivity index (χ0n) is 6.38. The molecular weight excluding hydrogens is 166 g/mol. The van der Waals surface area contributed by atoms with E-state index in [1.807, 2.05) is 0 Å². The topological polar surface area (TPSA) is 41.5 Å². The van der Waals surface area contributed by atoms with Crippen LogP contribution in [-0.4, -0.2) is 36.5 Å². The molecule has 1 spiro atoms. The summed E-state index contributed by atoms with van der Waals surface area (Å²) in [5.74, 6) is 0. The molecule has 0 aromatic rings. The minimum Gasteiger partial charge on any atom is -0.394 e. The van der Waals surface area contributed by atoms with E-state index in [0.717, 1.165) is 25.9 Å². The predicted molar refractivity (Wildman–Crippen MR) is 44.0 cm³/mol. The molecule has 2 fully saturated rings. The van der Waals surface area contributed by atoms with Gasteiger partial charge < -0.3 is 15.2 Å². The third-order valence-corrected chi connectivity index (χ3v) is 2.25. The molecule has 0 aromatic carbocycles. The molecule has 3 nitrogen and oxygen atoms in total. The van der Waals surface area contributed by atoms with Crippen molar-refractivity contribution in [3.05, 3.63) is 0 Å². The van der Waals surface area contributed by atoms with Crippen LogP contribution in [0.15, 0.2) is 0 Å². The van der Waals surface area contributed by atoms with Gasteiger partial charge in [-0.3, -0.25) is 0 Å². The number of hydrogen-bond donors (Lipinski definition) is 2. The fraction of sp³-hybridized carbons (Fsp3) is 1.00. The number of hydrogen-bond acceptors (Lipinski definition) is 3. The van der Waals surface area contributed by atoms with Crippen LogP contribution in [0.2, 0.25) is 0 Å². The highest BCUT2D eigenvalue weighted by Crippen LogP contribution is 2.41. The summed E-state index contributed by atoms with van der Waals surface area (Å²) in [5, 5.41) is 12.0. The minimum absolute atomic E-state index is 0. The van der Waals surface area contributed by atoms with Gasteiger partial charge in [-0.1, -0.05) is 0 Å². The third kappa shape index (κ3) is 1.85. The van der Waals surface area contributed by atoms with Gasteiger partial charge in [0.15, 0.2) is 0 Å². The lowest BCUT2D eigenvalue weighted by Gasteiger charge is -2.29. The molecule has 2 rings (SSSR count). The van der Waals surface area contributed by atoms with E-state index in [-0.39, 0.29) is 30.7 Å². The molecule has 1 aliphatic heterocycles.